The van der Waals surface area contributed by atoms with Gasteiger partial charge in [0.1, 0.15) is 0 Å². The first-order valence-corrected chi connectivity index (χ1v) is 7.11. The van der Waals surface area contributed by atoms with Gasteiger partial charge in [0.05, 0.1) is 6.04 Å². The minimum atomic E-state index is 0.219. The van der Waals surface area contributed by atoms with Gasteiger partial charge in [-0.3, -0.25) is 4.99 Å². The van der Waals surface area contributed by atoms with Crippen LogP contribution in [-0.4, -0.2) is 11.8 Å². The van der Waals surface area contributed by atoms with Gasteiger partial charge in [-0.2, -0.15) is 0 Å². The van der Waals surface area contributed by atoms with Crippen LogP contribution in [0.2, 0.25) is 0 Å². The quantitative estimate of drug-likeness (QED) is 0.602. The van der Waals surface area contributed by atoms with Crippen molar-refractivity contribution in [3.8, 4) is 0 Å². The molecule has 1 fully saturated rings. The molecule has 0 spiro atoms. The maximum absolute atomic E-state index is 5.02. The molecule has 1 nitrogen and oxygen atoms in total. The second-order valence-corrected chi connectivity index (χ2v) is 7.73. The third-order valence-electron chi connectivity index (χ3n) is 4.96. The zero-order valence-electron chi connectivity index (χ0n) is 13.1. The first-order chi connectivity index (χ1) is 7.56. The summed E-state index contributed by atoms with van der Waals surface area (Å²) in [6, 6.07) is 0.543. The molecule has 0 radical (unpaired) electrons. The van der Waals surface area contributed by atoms with Gasteiger partial charge in [0.15, 0.2) is 0 Å². The highest BCUT2D eigenvalue weighted by atomic mass is 14.8. The van der Waals surface area contributed by atoms with Gasteiger partial charge in [-0.15, -0.1) is 0 Å². The predicted octanol–water partition coefficient (Wildman–Crippen LogP) is 4.95. The first kappa shape index (κ1) is 14.7. The average molecular weight is 237 g/mol. The summed E-state index contributed by atoms with van der Waals surface area (Å²) in [4.78, 5) is 5.02. The maximum atomic E-state index is 5.02. The minimum Gasteiger partial charge on any atom is -0.290 e. The van der Waals surface area contributed by atoms with Crippen LogP contribution in [0, 0.1) is 22.7 Å². The van der Waals surface area contributed by atoms with E-state index >= 15 is 0 Å². The highest BCUT2D eigenvalue weighted by Gasteiger charge is 2.42. The van der Waals surface area contributed by atoms with Crippen LogP contribution in [0.3, 0.4) is 0 Å². The Morgan fingerprint density at radius 3 is 2.12 bits per heavy atom. The van der Waals surface area contributed by atoms with E-state index in [4.69, 9.17) is 4.99 Å². The van der Waals surface area contributed by atoms with Crippen LogP contribution in [0.4, 0.5) is 0 Å². The Kier molecular flexibility index (Phi) is 4.11. The van der Waals surface area contributed by atoms with Crippen LogP contribution in [0.1, 0.15) is 68.2 Å². The Balaban J connectivity index is 2.83. The van der Waals surface area contributed by atoms with Crippen molar-refractivity contribution in [2.75, 3.05) is 0 Å². The van der Waals surface area contributed by atoms with Crippen LogP contribution in [0.15, 0.2) is 4.99 Å². The maximum Gasteiger partial charge on any atom is 0.0530 e. The van der Waals surface area contributed by atoms with Gasteiger partial charge in [0.2, 0.25) is 0 Å². The summed E-state index contributed by atoms with van der Waals surface area (Å²) in [5, 5.41) is 0. The van der Waals surface area contributed by atoms with Crippen LogP contribution < -0.4 is 0 Å². The third-order valence-corrected chi connectivity index (χ3v) is 4.96. The summed E-state index contributed by atoms with van der Waals surface area (Å²) in [7, 11) is 0. The van der Waals surface area contributed by atoms with E-state index in [1.165, 1.54) is 18.6 Å². The van der Waals surface area contributed by atoms with E-state index in [1.54, 1.807) is 0 Å². The van der Waals surface area contributed by atoms with Crippen LogP contribution in [-0.2, 0) is 0 Å². The Hall–Kier alpha value is -0.330. The molecular weight excluding hydrogens is 206 g/mol. The fourth-order valence-corrected chi connectivity index (χ4v) is 2.72. The van der Waals surface area contributed by atoms with E-state index in [0.29, 0.717) is 11.5 Å². The second-order valence-electron chi connectivity index (χ2n) is 7.73. The smallest absolute Gasteiger partial charge is 0.0530 e. The highest BCUT2D eigenvalue weighted by molar-refractivity contribution is 5.87. The first-order valence-electron chi connectivity index (χ1n) is 7.11. The van der Waals surface area contributed by atoms with E-state index in [1.807, 2.05) is 0 Å². The summed E-state index contributed by atoms with van der Waals surface area (Å²) in [5.74, 6) is 1.50. The number of rotatable bonds is 2. The summed E-state index contributed by atoms with van der Waals surface area (Å²) in [5.41, 5.74) is 2.02. The molecule has 0 amide bonds. The normalized spacial score (nSPS) is 35.7. The lowest BCUT2D eigenvalue weighted by Crippen LogP contribution is -2.22. The van der Waals surface area contributed by atoms with Crippen molar-refractivity contribution in [2.24, 2.45) is 27.7 Å². The molecule has 0 heterocycles. The number of hydrogen-bond acceptors (Lipinski definition) is 1. The van der Waals surface area contributed by atoms with E-state index < -0.39 is 0 Å². The van der Waals surface area contributed by atoms with Crippen molar-refractivity contribution in [1.82, 2.24) is 0 Å². The second kappa shape index (κ2) is 4.74. The SMILES string of the molecule is C/C(=N\C1CC(C)(C(C)C)CC1C)C(C)(C)C. The Bertz CT molecular complexity index is 295. The monoisotopic (exact) mass is 237 g/mol. The number of hydrogen-bond donors (Lipinski definition) is 0. The highest BCUT2D eigenvalue weighted by Crippen LogP contribution is 2.48. The molecule has 1 aliphatic rings. The topological polar surface area (TPSA) is 12.4 Å². The molecule has 3 unspecified atom stereocenters. The Morgan fingerprint density at radius 1 is 1.24 bits per heavy atom. The van der Waals surface area contributed by atoms with Crippen LogP contribution in [0.25, 0.3) is 0 Å². The molecule has 0 aromatic carbocycles. The molecule has 0 aromatic heterocycles. The van der Waals surface area contributed by atoms with E-state index in [0.717, 1.165) is 11.8 Å². The average Bonchev–Trinajstić information content (AvgIpc) is 2.41. The molecule has 1 rings (SSSR count). The Morgan fingerprint density at radius 2 is 1.76 bits per heavy atom. The third kappa shape index (κ3) is 3.33. The molecule has 1 heteroatoms. The van der Waals surface area contributed by atoms with Crippen molar-refractivity contribution >= 4 is 5.71 Å². The van der Waals surface area contributed by atoms with Crippen LogP contribution in [0.5, 0.6) is 0 Å². The van der Waals surface area contributed by atoms with E-state index in [9.17, 15) is 0 Å². The van der Waals surface area contributed by atoms with Crippen LogP contribution >= 0.6 is 0 Å². The van der Waals surface area contributed by atoms with Gasteiger partial charge in [0, 0.05) is 5.71 Å². The van der Waals surface area contributed by atoms with Gasteiger partial charge in [-0.05, 0) is 42.4 Å². The van der Waals surface area contributed by atoms with Crippen molar-refractivity contribution in [2.45, 2.75) is 74.3 Å². The fourth-order valence-electron chi connectivity index (χ4n) is 2.72. The van der Waals surface area contributed by atoms with Crippen molar-refractivity contribution in [3.63, 3.8) is 0 Å². The molecule has 0 saturated heterocycles. The molecular formula is C16H31N. The predicted molar refractivity (Wildman–Crippen MR) is 77.7 cm³/mol. The van der Waals surface area contributed by atoms with Gasteiger partial charge in [-0.1, -0.05) is 48.5 Å². The zero-order chi connectivity index (χ0) is 13.4. The molecule has 0 aliphatic heterocycles. The lowest BCUT2D eigenvalue weighted by atomic mass is 9.77. The van der Waals surface area contributed by atoms with E-state index in [2.05, 4.69) is 55.4 Å². The summed E-state index contributed by atoms with van der Waals surface area (Å²) in [6.45, 7) is 18.5. The molecule has 100 valence electrons. The molecule has 0 bridgehead atoms. The summed E-state index contributed by atoms with van der Waals surface area (Å²) >= 11 is 0. The van der Waals surface area contributed by atoms with Gasteiger partial charge >= 0.3 is 0 Å². The van der Waals surface area contributed by atoms with E-state index in [-0.39, 0.29) is 5.41 Å². The number of aliphatic imine (C=N–C) groups is 1. The molecule has 0 N–H and O–H groups in total. The number of nitrogens with zero attached hydrogens (tertiary/aromatic N) is 1. The standard InChI is InChI=1S/C16H31N/c1-11(2)16(8)9-12(3)14(10-16)17-13(4)15(5,6)7/h11-12,14H,9-10H2,1-8H3/b17-13+. The zero-order valence-corrected chi connectivity index (χ0v) is 13.1. The molecule has 17 heavy (non-hydrogen) atoms. The molecule has 1 saturated carbocycles. The minimum absolute atomic E-state index is 0.219. The summed E-state index contributed by atoms with van der Waals surface area (Å²) in [6.07, 6.45) is 2.59. The molecule has 3 atom stereocenters. The van der Waals surface area contributed by atoms with Gasteiger partial charge in [-0.25, -0.2) is 0 Å². The van der Waals surface area contributed by atoms with Crippen molar-refractivity contribution in [1.29, 1.82) is 0 Å². The molecule has 0 aromatic rings. The molecule has 1 aliphatic carbocycles. The summed E-state index contributed by atoms with van der Waals surface area (Å²) < 4.78 is 0. The van der Waals surface area contributed by atoms with Crippen molar-refractivity contribution < 1.29 is 0 Å². The lowest BCUT2D eigenvalue weighted by molar-refractivity contribution is 0.219. The largest absolute Gasteiger partial charge is 0.290 e. The Labute approximate surface area is 108 Å². The van der Waals surface area contributed by atoms with Gasteiger partial charge < -0.3 is 0 Å². The van der Waals surface area contributed by atoms with Crippen molar-refractivity contribution in [3.05, 3.63) is 0 Å². The van der Waals surface area contributed by atoms with Gasteiger partial charge in [0.25, 0.3) is 0 Å². The fraction of sp³-hybridized carbons (Fsp3) is 0.938. The lowest BCUT2D eigenvalue weighted by Gasteiger charge is -2.28.